The number of nitrogens with zero attached hydrogens (tertiary/aromatic N) is 2. The molecule has 1 amide bonds. The van der Waals surface area contributed by atoms with E-state index in [1.54, 1.807) is 12.1 Å². The second kappa shape index (κ2) is 6.26. The number of halogens is 1. The molecule has 0 spiro atoms. The average molecular weight is 346 g/mol. The summed E-state index contributed by atoms with van der Waals surface area (Å²) in [6.07, 6.45) is 4.30. The minimum absolute atomic E-state index is 0.155. The number of amides is 1. The van der Waals surface area contributed by atoms with Gasteiger partial charge in [0, 0.05) is 23.1 Å². The van der Waals surface area contributed by atoms with Crippen molar-refractivity contribution < 1.29 is 4.79 Å². The Hall–Kier alpha value is -1.88. The smallest absolute Gasteiger partial charge is 0.256 e. The first-order chi connectivity index (χ1) is 10.2. The molecule has 0 saturated carbocycles. The molecule has 1 aliphatic heterocycles. The van der Waals surface area contributed by atoms with E-state index in [4.69, 9.17) is 0 Å². The average Bonchev–Trinajstić information content (AvgIpc) is 3.02. The first-order valence-corrected chi connectivity index (χ1v) is 7.79. The summed E-state index contributed by atoms with van der Waals surface area (Å²) in [7, 11) is 0. The molecule has 0 radical (unpaired) electrons. The van der Waals surface area contributed by atoms with Crippen molar-refractivity contribution in [1.29, 1.82) is 0 Å². The Morgan fingerprint density at radius 2 is 2.00 bits per heavy atom. The van der Waals surface area contributed by atoms with Crippen LogP contribution in [0.5, 0.6) is 0 Å². The fourth-order valence-corrected chi connectivity index (χ4v) is 2.84. The molecule has 21 heavy (non-hydrogen) atoms. The van der Waals surface area contributed by atoms with Crippen LogP contribution in [0.3, 0.4) is 0 Å². The Balaban J connectivity index is 1.68. The Morgan fingerprint density at radius 1 is 1.19 bits per heavy atom. The van der Waals surface area contributed by atoms with Crippen LogP contribution < -0.4 is 10.2 Å². The number of benzene rings is 1. The Bertz CT molecular complexity index is 636. The van der Waals surface area contributed by atoms with E-state index in [2.05, 4.69) is 31.1 Å². The predicted octanol–water partition coefficient (Wildman–Crippen LogP) is 3.70. The number of nitrogens with one attached hydrogen (secondary N) is 1. The van der Waals surface area contributed by atoms with Crippen molar-refractivity contribution >= 4 is 33.3 Å². The fourth-order valence-electron chi connectivity index (χ4n) is 2.44. The van der Waals surface area contributed by atoms with Gasteiger partial charge in [0.25, 0.3) is 5.91 Å². The summed E-state index contributed by atoms with van der Waals surface area (Å²) in [5.74, 6) is 0.417. The Labute approximate surface area is 132 Å². The SMILES string of the molecule is O=C(Nc1ccc(N2CCCC2)cn1)c1cccc(Br)c1. The van der Waals surface area contributed by atoms with Crippen molar-refractivity contribution in [2.45, 2.75) is 12.8 Å². The van der Waals surface area contributed by atoms with Gasteiger partial charge in [0.15, 0.2) is 0 Å². The Morgan fingerprint density at radius 3 is 2.67 bits per heavy atom. The molecule has 1 aromatic heterocycles. The van der Waals surface area contributed by atoms with Crippen molar-refractivity contribution in [3.63, 3.8) is 0 Å². The highest BCUT2D eigenvalue weighted by Crippen LogP contribution is 2.20. The maximum atomic E-state index is 12.1. The molecule has 5 heteroatoms. The van der Waals surface area contributed by atoms with Gasteiger partial charge in [-0.05, 0) is 43.2 Å². The van der Waals surface area contributed by atoms with Crippen molar-refractivity contribution in [3.05, 3.63) is 52.6 Å². The standard InChI is InChI=1S/C16H16BrN3O/c17-13-5-3-4-12(10-13)16(21)19-15-7-6-14(11-18-15)20-8-1-2-9-20/h3-7,10-11H,1-2,8-9H2,(H,18,19,21). The number of hydrogen-bond acceptors (Lipinski definition) is 3. The number of carbonyl (C=O) groups is 1. The molecule has 1 fully saturated rings. The maximum absolute atomic E-state index is 12.1. The molecule has 1 N–H and O–H groups in total. The zero-order valence-corrected chi connectivity index (χ0v) is 13.1. The lowest BCUT2D eigenvalue weighted by molar-refractivity contribution is 0.102. The van der Waals surface area contributed by atoms with E-state index in [1.807, 2.05) is 30.5 Å². The largest absolute Gasteiger partial charge is 0.370 e. The third kappa shape index (κ3) is 3.42. The lowest BCUT2D eigenvalue weighted by Gasteiger charge is -2.17. The number of pyridine rings is 1. The maximum Gasteiger partial charge on any atom is 0.256 e. The molecule has 0 aliphatic carbocycles. The molecule has 4 nitrogen and oxygen atoms in total. The molecule has 0 unspecified atom stereocenters. The quantitative estimate of drug-likeness (QED) is 0.922. The minimum atomic E-state index is -0.155. The summed E-state index contributed by atoms with van der Waals surface area (Å²) in [4.78, 5) is 18.8. The predicted molar refractivity (Wildman–Crippen MR) is 87.8 cm³/mol. The fraction of sp³-hybridized carbons (Fsp3) is 0.250. The number of aromatic nitrogens is 1. The number of anilines is 2. The van der Waals surface area contributed by atoms with E-state index in [-0.39, 0.29) is 5.91 Å². The molecule has 108 valence electrons. The molecule has 0 bridgehead atoms. The summed E-state index contributed by atoms with van der Waals surface area (Å²) in [5, 5.41) is 2.81. The van der Waals surface area contributed by atoms with Gasteiger partial charge in [-0.3, -0.25) is 4.79 Å². The van der Waals surface area contributed by atoms with Crippen LogP contribution in [0.15, 0.2) is 47.1 Å². The number of hydrogen-bond donors (Lipinski definition) is 1. The second-order valence-corrected chi connectivity index (χ2v) is 5.98. The van der Waals surface area contributed by atoms with Gasteiger partial charge in [-0.25, -0.2) is 4.98 Å². The number of rotatable bonds is 3. The van der Waals surface area contributed by atoms with E-state index in [0.29, 0.717) is 11.4 Å². The monoisotopic (exact) mass is 345 g/mol. The highest BCUT2D eigenvalue weighted by atomic mass is 79.9. The minimum Gasteiger partial charge on any atom is -0.370 e. The molecule has 1 saturated heterocycles. The van der Waals surface area contributed by atoms with Crippen LogP contribution in [-0.4, -0.2) is 24.0 Å². The molecule has 0 atom stereocenters. The van der Waals surface area contributed by atoms with Crippen LogP contribution in [0.4, 0.5) is 11.5 Å². The first-order valence-electron chi connectivity index (χ1n) is 7.00. The Kier molecular flexibility index (Phi) is 4.20. The lowest BCUT2D eigenvalue weighted by atomic mass is 10.2. The third-order valence-corrected chi connectivity index (χ3v) is 4.04. The molecular weight excluding hydrogens is 330 g/mol. The van der Waals surface area contributed by atoms with Crippen LogP contribution in [0.25, 0.3) is 0 Å². The van der Waals surface area contributed by atoms with Crippen LogP contribution in [-0.2, 0) is 0 Å². The topological polar surface area (TPSA) is 45.2 Å². The van der Waals surface area contributed by atoms with Gasteiger partial charge in [0.05, 0.1) is 11.9 Å². The van der Waals surface area contributed by atoms with E-state index in [0.717, 1.165) is 23.2 Å². The van der Waals surface area contributed by atoms with Gasteiger partial charge in [0.2, 0.25) is 0 Å². The number of carbonyl (C=O) groups excluding carboxylic acids is 1. The van der Waals surface area contributed by atoms with Gasteiger partial charge >= 0.3 is 0 Å². The van der Waals surface area contributed by atoms with Gasteiger partial charge < -0.3 is 10.2 Å². The van der Waals surface area contributed by atoms with E-state index >= 15 is 0 Å². The third-order valence-electron chi connectivity index (χ3n) is 3.55. The van der Waals surface area contributed by atoms with Crippen LogP contribution in [0.2, 0.25) is 0 Å². The molecule has 3 rings (SSSR count). The highest BCUT2D eigenvalue weighted by Gasteiger charge is 2.13. The van der Waals surface area contributed by atoms with Crippen molar-refractivity contribution in [3.8, 4) is 0 Å². The lowest BCUT2D eigenvalue weighted by Crippen LogP contribution is -2.18. The first kappa shape index (κ1) is 14.1. The van der Waals surface area contributed by atoms with Crippen LogP contribution in [0, 0.1) is 0 Å². The summed E-state index contributed by atoms with van der Waals surface area (Å²) in [6.45, 7) is 2.18. The van der Waals surface area contributed by atoms with Crippen molar-refractivity contribution in [2.24, 2.45) is 0 Å². The zero-order chi connectivity index (χ0) is 14.7. The molecule has 2 aromatic rings. The zero-order valence-electron chi connectivity index (χ0n) is 11.6. The van der Waals surface area contributed by atoms with Crippen molar-refractivity contribution in [2.75, 3.05) is 23.3 Å². The van der Waals surface area contributed by atoms with Gasteiger partial charge in [-0.1, -0.05) is 22.0 Å². The summed E-state index contributed by atoms with van der Waals surface area (Å²) < 4.78 is 0.882. The normalized spacial score (nSPS) is 14.2. The summed E-state index contributed by atoms with van der Waals surface area (Å²) >= 11 is 3.36. The van der Waals surface area contributed by atoms with Gasteiger partial charge in [-0.15, -0.1) is 0 Å². The van der Waals surface area contributed by atoms with E-state index in [9.17, 15) is 4.79 Å². The van der Waals surface area contributed by atoms with E-state index < -0.39 is 0 Å². The van der Waals surface area contributed by atoms with E-state index in [1.165, 1.54) is 12.8 Å². The molecular formula is C16H16BrN3O. The summed E-state index contributed by atoms with van der Waals surface area (Å²) in [6, 6.07) is 11.1. The second-order valence-electron chi connectivity index (χ2n) is 5.06. The van der Waals surface area contributed by atoms with Crippen LogP contribution >= 0.6 is 15.9 Å². The van der Waals surface area contributed by atoms with Gasteiger partial charge in [-0.2, -0.15) is 0 Å². The van der Waals surface area contributed by atoms with Crippen molar-refractivity contribution in [1.82, 2.24) is 4.98 Å². The molecule has 1 aliphatic rings. The molecule has 1 aromatic carbocycles. The van der Waals surface area contributed by atoms with Crippen LogP contribution in [0.1, 0.15) is 23.2 Å². The summed E-state index contributed by atoms with van der Waals surface area (Å²) in [5.41, 5.74) is 1.72. The highest BCUT2D eigenvalue weighted by molar-refractivity contribution is 9.10. The molecule has 2 heterocycles. The van der Waals surface area contributed by atoms with Gasteiger partial charge in [0.1, 0.15) is 5.82 Å².